The van der Waals surface area contributed by atoms with Crippen LogP contribution in [0.5, 0.6) is 5.75 Å². The monoisotopic (exact) mass is 299 g/mol. The Morgan fingerprint density at radius 1 is 1.15 bits per heavy atom. The van der Waals surface area contributed by atoms with E-state index in [9.17, 15) is 8.42 Å². The van der Waals surface area contributed by atoms with E-state index in [1.807, 2.05) is 40.7 Å². The van der Waals surface area contributed by atoms with E-state index < -0.39 is 10.0 Å². The van der Waals surface area contributed by atoms with Gasteiger partial charge in [-0.3, -0.25) is 0 Å². The van der Waals surface area contributed by atoms with Gasteiger partial charge in [0.05, 0.1) is 12.4 Å². The van der Waals surface area contributed by atoms with Gasteiger partial charge in [-0.25, -0.2) is 13.6 Å². The van der Waals surface area contributed by atoms with Crippen LogP contribution in [-0.4, -0.2) is 20.8 Å². The van der Waals surface area contributed by atoms with Crippen molar-refractivity contribution in [3.8, 4) is 5.75 Å². The first kappa shape index (κ1) is 17.0. The predicted molar refractivity (Wildman–Crippen MR) is 82.5 cm³/mol. The molecule has 0 aliphatic rings. The van der Waals surface area contributed by atoms with E-state index >= 15 is 0 Å². The van der Waals surface area contributed by atoms with Crippen LogP contribution in [0.25, 0.3) is 0 Å². The van der Waals surface area contributed by atoms with Gasteiger partial charge in [0.1, 0.15) is 5.75 Å². The fourth-order valence-corrected chi connectivity index (χ4v) is 3.15. The molecule has 1 aromatic rings. The zero-order chi connectivity index (χ0) is 15.5. The van der Waals surface area contributed by atoms with E-state index in [4.69, 9.17) is 9.88 Å². The number of ether oxygens (including phenoxy) is 1. The largest absolute Gasteiger partial charge is 0.493 e. The Balaban J connectivity index is 2.86. The molecule has 0 aliphatic heterocycles. The molecule has 114 valence electrons. The second-order valence-corrected chi connectivity index (χ2v) is 7.46. The van der Waals surface area contributed by atoms with E-state index in [1.165, 1.54) is 0 Å². The standard InChI is InChI=1S/C15H25NO3S/c1-10(2)14(9-20(16,17)18)8-19-15-12(4)7-6-11(3)13(15)5/h6-7,10,14H,8-9H2,1-5H3,(H2,16,17,18). The van der Waals surface area contributed by atoms with E-state index in [0.29, 0.717) is 6.61 Å². The number of rotatable bonds is 6. The van der Waals surface area contributed by atoms with Crippen LogP contribution in [0, 0.1) is 32.6 Å². The SMILES string of the molecule is Cc1ccc(C)c(OCC(CS(N)(=O)=O)C(C)C)c1C. The van der Waals surface area contributed by atoms with Gasteiger partial charge in [-0.15, -0.1) is 0 Å². The smallest absolute Gasteiger partial charge is 0.209 e. The summed E-state index contributed by atoms with van der Waals surface area (Å²) in [6.07, 6.45) is 0. The summed E-state index contributed by atoms with van der Waals surface area (Å²) in [5, 5.41) is 5.14. The number of nitrogens with two attached hydrogens (primary N) is 1. The first-order valence-corrected chi connectivity index (χ1v) is 8.53. The highest BCUT2D eigenvalue weighted by atomic mass is 32.2. The third-order valence-electron chi connectivity index (χ3n) is 3.70. The van der Waals surface area contributed by atoms with Crippen molar-refractivity contribution in [1.29, 1.82) is 0 Å². The van der Waals surface area contributed by atoms with Crippen LogP contribution in [0.3, 0.4) is 0 Å². The topological polar surface area (TPSA) is 69.4 Å². The number of hydrogen-bond donors (Lipinski definition) is 1. The van der Waals surface area contributed by atoms with E-state index in [2.05, 4.69) is 6.07 Å². The van der Waals surface area contributed by atoms with Crippen molar-refractivity contribution in [2.45, 2.75) is 34.6 Å². The normalized spacial score (nSPS) is 13.6. The van der Waals surface area contributed by atoms with E-state index in [1.54, 1.807) is 0 Å². The molecule has 0 heterocycles. The molecule has 5 heteroatoms. The third kappa shape index (κ3) is 4.80. The van der Waals surface area contributed by atoms with Crippen molar-refractivity contribution >= 4 is 10.0 Å². The molecule has 2 N–H and O–H groups in total. The molecule has 0 spiro atoms. The number of aryl methyl sites for hydroxylation is 2. The van der Waals surface area contributed by atoms with Crippen LogP contribution < -0.4 is 9.88 Å². The molecule has 0 fully saturated rings. The van der Waals surface area contributed by atoms with Gasteiger partial charge in [-0.2, -0.15) is 0 Å². The molecule has 1 aromatic carbocycles. The van der Waals surface area contributed by atoms with Gasteiger partial charge in [0.15, 0.2) is 0 Å². The van der Waals surface area contributed by atoms with Gasteiger partial charge < -0.3 is 4.74 Å². The molecule has 0 radical (unpaired) electrons. The molecule has 0 bridgehead atoms. The highest BCUT2D eigenvalue weighted by Gasteiger charge is 2.21. The Morgan fingerprint density at radius 2 is 1.70 bits per heavy atom. The summed E-state index contributed by atoms with van der Waals surface area (Å²) in [6, 6.07) is 4.07. The van der Waals surface area contributed by atoms with Crippen LogP contribution in [0.15, 0.2) is 12.1 Å². The van der Waals surface area contributed by atoms with E-state index in [-0.39, 0.29) is 17.6 Å². The third-order valence-corrected chi connectivity index (χ3v) is 4.60. The van der Waals surface area contributed by atoms with Crippen LogP contribution in [0.2, 0.25) is 0 Å². The van der Waals surface area contributed by atoms with Crippen molar-refractivity contribution in [2.24, 2.45) is 17.0 Å². The fraction of sp³-hybridized carbons (Fsp3) is 0.600. The van der Waals surface area contributed by atoms with Crippen LogP contribution >= 0.6 is 0 Å². The molecule has 4 nitrogen and oxygen atoms in total. The Bertz CT molecular complexity index is 565. The molecule has 1 atom stereocenters. The fourth-order valence-electron chi connectivity index (χ4n) is 2.07. The summed E-state index contributed by atoms with van der Waals surface area (Å²) in [6.45, 7) is 10.4. The Kier molecular flexibility index (Phi) is 5.59. The van der Waals surface area contributed by atoms with Gasteiger partial charge in [0, 0.05) is 5.92 Å². The summed E-state index contributed by atoms with van der Waals surface area (Å²) in [5.41, 5.74) is 3.33. The quantitative estimate of drug-likeness (QED) is 0.877. The summed E-state index contributed by atoms with van der Waals surface area (Å²) in [5.74, 6) is 0.891. The van der Waals surface area contributed by atoms with Gasteiger partial charge in [-0.05, 0) is 43.4 Å². The first-order valence-electron chi connectivity index (χ1n) is 6.82. The molecule has 0 aliphatic carbocycles. The second kappa shape index (κ2) is 6.59. The number of hydrogen-bond acceptors (Lipinski definition) is 3. The summed E-state index contributed by atoms with van der Waals surface area (Å²) in [7, 11) is -3.48. The Hall–Kier alpha value is -1.07. The average Bonchev–Trinajstić information content (AvgIpc) is 2.31. The maximum absolute atomic E-state index is 11.3. The van der Waals surface area contributed by atoms with E-state index in [0.717, 1.165) is 22.4 Å². The zero-order valence-corrected chi connectivity index (χ0v) is 13.8. The number of sulfonamides is 1. The zero-order valence-electron chi connectivity index (χ0n) is 12.9. The molecular formula is C15H25NO3S. The maximum atomic E-state index is 11.3. The van der Waals surface area contributed by atoms with Crippen molar-refractivity contribution in [2.75, 3.05) is 12.4 Å². The Labute approximate surface area is 122 Å². The maximum Gasteiger partial charge on any atom is 0.209 e. The first-order chi connectivity index (χ1) is 9.11. The van der Waals surface area contributed by atoms with Gasteiger partial charge in [0.2, 0.25) is 10.0 Å². The van der Waals surface area contributed by atoms with Gasteiger partial charge in [0.25, 0.3) is 0 Å². The number of benzene rings is 1. The molecular weight excluding hydrogens is 274 g/mol. The minimum Gasteiger partial charge on any atom is -0.493 e. The lowest BCUT2D eigenvalue weighted by atomic mass is 9.99. The predicted octanol–water partition coefficient (Wildman–Crippen LogP) is 2.55. The summed E-state index contributed by atoms with van der Waals surface area (Å²) >= 11 is 0. The second-order valence-electron chi connectivity index (χ2n) is 5.80. The molecule has 20 heavy (non-hydrogen) atoms. The van der Waals surface area contributed by atoms with Crippen molar-refractivity contribution in [3.63, 3.8) is 0 Å². The summed E-state index contributed by atoms with van der Waals surface area (Å²) < 4.78 is 28.4. The molecule has 1 rings (SSSR count). The average molecular weight is 299 g/mol. The summed E-state index contributed by atoms with van der Waals surface area (Å²) in [4.78, 5) is 0. The Morgan fingerprint density at radius 3 is 2.20 bits per heavy atom. The lowest BCUT2D eigenvalue weighted by Crippen LogP contribution is -2.30. The minimum atomic E-state index is -3.48. The lowest BCUT2D eigenvalue weighted by Gasteiger charge is -2.22. The van der Waals surface area contributed by atoms with Crippen molar-refractivity contribution < 1.29 is 13.2 Å². The van der Waals surface area contributed by atoms with Crippen molar-refractivity contribution in [1.82, 2.24) is 0 Å². The van der Waals surface area contributed by atoms with Gasteiger partial charge in [-0.1, -0.05) is 26.0 Å². The molecule has 0 amide bonds. The molecule has 0 saturated carbocycles. The lowest BCUT2D eigenvalue weighted by molar-refractivity contribution is 0.222. The van der Waals surface area contributed by atoms with Crippen LogP contribution in [0.4, 0.5) is 0 Å². The highest BCUT2D eigenvalue weighted by Crippen LogP contribution is 2.27. The minimum absolute atomic E-state index is 0.0470. The van der Waals surface area contributed by atoms with Crippen molar-refractivity contribution in [3.05, 3.63) is 28.8 Å². The van der Waals surface area contributed by atoms with Crippen LogP contribution in [-0.2, 0) is 10.0 Å². The molecule has 0 saturated heterocycles. The highest BCUT2D eigenvalue weighted by molar-refractivity contribution is 7.89. The van der Waals surface area contributed by atoms with Crippen LogP contribution in [0.1, 0.15) is 30.5 Å². The van der Waals surface area contributed by atoms with Gasteiger partial charge >= 0.3 is 0 Å². The molecule has 1 unspecified atom stereocenters. The number of primary sulfonamides is 1. The molecule has 0 aromatic heterocycles.